The van der Waals surface area contributed by atoms with Gasteiger partial charge in [-0.05, 0) is 37.3 Å². The molecule has 6 nitrogen and oxygen atoms in total. The average molecular weight is 463 g/mol. The molecule has 1 atom stereocenters. The molecule has 0 aliphatic carbocycles. The number of halogens is 2. The van der Waals surface area contributed by atoms with Crippen LogP contribution in [-0.2, 0) is 11.3 Å². The van der Waals surface area contributed by atoms with E-state index in [-0.39, 0.29) is 17.8 Å². The second-order valence-corrected chi connectivity index (χ2v) is 8.12. The number of anilines is 1. The van der Waals surface area contributed by atoms with Crippen LogP contribution in [-0.4, -0.2) is 26.4 Å². The maximum atomic E-state index is 12.3. The zero-order valence-electron chi connectivity index (χ0n) is 16.2. The van der Waals surface area contributed by atoms with Gasteiger partial charge in [-0.15, -0.1) is 16.8 Å². The van der Waals surface area contributed by atoms with Crippen LogP contribution >= 0.6 is 35.0 Å². The average Bonchev–Trinajstić information content (AvgIpc) is 3.09. The molecule has 1 aromatic heterocycles. The van der Waals surface area contributed by atoms with Crippen LogP contribution in [0.2, 0.25) is 10.0 Å². The highest BCUT2D eigenvalue weighted by atomic mass is 35.5. The number of nitrogens with zero attached hydrogens (tertiary/aromatic N) is 3. The lowest BCUT2D eigenvalue weighted by Gasteiger charge is -2.15. The third-order valence-electron chi connectivity index (χ3n) is 3.96. The van der Waals surface area contributed by atoms with Crippen molar-refractivity contribution >= 4 is 46.6 Å². The van der Waals surface area contributed by atoms with E-state index in [1.165, 1.54) is 11.8 Å². The molecular weight excluding hydrogens is 443 g/mol. The molecule has 0 aliphatic heterocycles. The minimum Gasteiger partial charge on any atom is -0.483 e. The topological polar surface area (TPSA) is 69.0 Å². The van der Waals surface area contributed by atoms with Crippen LogP contribution < -0.4 is 10.1 Å². The number of carbonyl (C=O) groups excluding carboxylic acids is 1. The van der Waals surface area contributed by atoms with Gasteiger partial charge < -0.3 is 10.1 Å². The SMILES string of the molecule is C=CCn1c(SCC(=O)Nc2cc(Cl)cc(Cl)c2)nnc1[C@H](C)Oc1ccccc1. The van der Waals surface area contributed by atoms with Crippen molar-refractivity contribution in [1.82, 2.24) is 14.8 Å². The van der Waals surface area contributed by atoms with Gasteiger partial charge in [0.25, 0.3) is 0 Å². The lowest BCUT2D eigenvalue weighted by molar-refractivity contribution is -0.113. The molecule has 0 unspecified atom stereocenters. The van der Waals surface area contributed by atoms with Crippen molar-refractivity contribution in [3.8, 4) is 5.75 Å². The minimum absolute atomic E-state index is 0.146. The number of carbonyl (C=O) groups is 1. The summed E-state index contributed by atoms with van der Waals surface area (Å²) in [5, 5.41) is 12.8. The molecule has 0 aliphatic rings. The number of para-hydroxylation sites is 1. The Morgan fingerprint density at radius 2 is 1.93 bits per heavy atom. The van der Waals surface area contributed by atoms with E-state index in [0.717, 1.165) is 5.75 Å². The Hall–Kier alpha value is -2.48. The number of hydrogen-bond donors (Lipinski definition) is 1. The lowest BCUT2D eigenvalue weighted by atomic mass is 10.3. The lowest BCUT2D eigenvalue weighted by Crippen LogP contribution is -2.15. The number of allylic oxidation sites excluding steroid dienone is 1. The molecular formula is C21H20Cl2N4O2S. The Morgan fingerprint density at radius 3 is 2.60 bits per heavy atom. The van der Waals surface area contributed by atoms with Gasteiger partial charge in [-0.25, -0.2) is 0 Å². The van der Waals surface area contributed by atoms with Crippen LogP contribution in [0, 0.1) is 0 Å². The summed E-state index contributed by atoms with van der Waals surface area (Å²) in [5.74, 6) is 1.34. The zero-order chi connectivity index (χ0) is 21.5. The Kier molecular flexibility index (Phi) is 7.79. The molecule has 3 aromatic rings. The first-order chi connectivity index (χ1) is 14.5. The Labute approximate surface area is 189 Å². The summed E-state index contributed by atoms with van der Waals surface area (Å²) >= 11 is 13.2. The van der Waals surface area contributed by atoms with E-state index in [1.807, 2.05) is 41.8 Å². The molecule has 0 saturated carbocycles. The fourth-order valence-corrected chi connectivity index (χ4v) is 4.00. The minimum atomic E-state index is -0.323. The van der Waals surface area contributed by atoms with Crippen LogP contribution in [0.4, 0.5) is 5.69 Å². The van der Waals surface area contributed by atoms with Gasteiger partial charge in [0.15, 0.2) is 17.1 Å². The number of benzene rings is 2. The maximum Gasteiger partial charge on any atom is 0.234 e. The molecule has 1 heterocycles. The molecule has 0 fully saturated rings. The van der Waals surface area contributed by atoms with E-state index in [2.05, 4.69) is 22.1 Å². The Bertz CT molecular complexity index is 1010. The second-order valence-electron chi connectivity index (χ2n) is 6.31. The predicted octanol–water partition coefficient (Wildman–Crippen LogP) is 5.64. The van der Waals surface area contributed by atoms with Gasteiger partial charge in [-0.1, -0.05) is 59.2 Å². The van der Waals surface area contributed by atoms with E-state index in [9.17, 15) is 4.79 Å². The number of thioether (sulfide) groups is 1. The summed E-state index contributed by atoms with van der Waals surface area (Å²) in [6.07, 6.45) is 1.43. The standard InChI is InChI=1S/C21H20Cl2N4O2S/c1-3-9-27-20(14(2)29-18-7-5-4-6-8-18)25-26-21(27)30-13-19(28)24-17-11-15(22)10-16(23)12-17/h3-8,10-12,14H,1,9,13H2,2H3,(H,24,28)/t14-/m0/s1. The predicted molar refractivity (Wildman–Crippen MR) is 122 cm³/mol. The first-order valence-corrected chi connectivity index (χ1v) is 10.8. The summed E-state index contributed by atoms with van der Waals surface area (Å²) in [6, 6.07) is 14.4. The van der Waals surface area contributed by atoms with Crippen LogP contribution in [0.3, 0.4) is 0 Å². The van der Waals surface area contributed by atoms with E-state index in [0.29, 0.717) is 33.3 Å². The summed E-state index contributed by atoms with van der Waals surface area (Å²) in [6.45, 7) is 6.20. The number of rotatable bonds is 9. The van der Waals surface area contributed by atoms with Crippen molar-refractivity contribution in [3.63, 3.8) is 0 Å². The number of amides is 1. The maximum absolute atomic E-state index is 12.3. The van der Waals surface area contributed by atoms with Gasteiger partial charge in [-0.3, -0.25) is 9.36 Å². The normalized spacial score (nSPS) is 11.7. The van der Waals surface area contributed by atoms with Crippen molar-refractivity contribution < 1.29 is 9.53 Å². The van der Waals surface area contributed by atoms with Gasteiger partial charge in [0.05, 0.1) is 5.75 Å². The van der Waals surface area contributed by atoms with Crippen LogP contribution in [0.5, 0.6) is 5.75 Å². The third-order valence-corrected chi connectivity index (χ3v) is 5.36. The first-order valence-electron chi connectivity index (χ1n) is 9.10. The van der Waals surface area contributed by atoms with Crippen molar-refractivity contribution in [3.05, 3.63) is 77.1 Å². The number of nitrogens with one attached hydrogen (secondary N) is 1. The molecule has 1 N–H and O–H groups in total. The fourth-order valence-electron chi connectivity index (χ4n) is 2.72. The van der Waals surface area contributed by atoms with Gasteiger partial charge in [-0.2, -0.15) is 0 Å². The highest BCUT2D eigenvalue weighted by Gasteiger charge is 2.19. The largest absolute Gasteiger partial charge is 0.483 e. The van der Waals surface area contributed by atoms with Crippen molar-refractivity contribution in [2.75, 3.05) is 11.1 Å². The first kappa shape index (κ1) is 22.2. The summed E-state index contributed by atoms with van der Waals surface area (Å²) < 4.78 is 7.84. The van der Waals surface area contributed by atoms with Gasteiger partial charge in [0.2, 0.25) is 5.91 Å². The molecule has 3 rings (SSSR count). The molecule has 30 heavy (non-hydrogen) atoms. The Morgan fingerprint density at radius 1 is 1.23 bits per heavy atom. The van der Waals surface area contributed by atoms with Crippen molar-refractivity contribution in [2.24, 2.45) is 0 Å². The molecule has 0 saturated heterocycles. The summed E-state index contributed by atoms with van der Waals surface area (Å²) in [5.41, 5.74) is 0.538. The molecule has 2 aromatic carbocycles. The molecule has 0 bridgehead atoms. The van der Waals surface area contributed by atoms with Crippen LogP contribution in [0.1, 0.15) is 18.9 Å². The van der Waals surface area contributed by atoms with E-state index in [4.69, 9.17) is 27.9 Å². The van der Waals surface area contributed by atoms with Crippen LogP contribution in [0.25, 0.3) is 0 Å². The van der Waals surface area contributed by atoms with Crippen molar-refractivity contribution in [1.29, 1.82) is 0 Å². The summed E-state index contributed by atoms with van der Waals surface area (Å²) in [7, 11) is 0. The summed E-state index contributed by atoms with van der Waals surface area (Å²) in [4.78, 5) is 12.3. The number of aromatic nitrogens is 3. The Balaban J connectivity index is 1.66. The third kappa shape index (κ3) is 6.01. The zero-order valence-corrected chi connectivity index (χ0v) is 18.5. The van der Waals surface area contributed by atoms with Gasteiger partial charge in [0, 0.05) is 22.3 Å². The smallest absolute Gasteiger partial charge is 0.234 e. The van der Waals surface area contributed by atoms with Crippen LogP contribution in [0.15, 0.2) is 66.3 Å². The molecule has 9 heteroatoms. The monoisotopic (exact) mass is 462 g/mol. The number of hydrogen-bond acceptors (Lipinski definition) is 5. The highest BCUT2D eigenvalue weighted by Crippen LogP contribution is 2.26. The molecule has 0 radical (unpaired) electrons. The second kappa shape index (κ2) is 10.5. The molecule has 156 valence electrons. The van der Waals surface area contributed by atoms with E-state index in [1.54, 1.807) is 24.3 Å². The molecule has 0 spiro atoms. The fraction of sp³-hybridized carbons (Fsp3) is 0.190. The van der Waals surface area contributed by atoms with E-state index >= 15 is 0 Å². The molecule has 1 amide bonds. The van der Waals surface area contributed by atoms with Crippen molar-refractivity contribution in [2.45, 2.75) is 24.7 Å². The van der Waals surface area contributed by atoms with Gasteiger partial charge >= 0.3 is 0 Å². The highest BCUT2D eigenvalue weighted by molar-refractivity contribution is 7.99. The van der Waals surface area contributed by atoms with Gasteiger partial charge in [0.1, 0.15) is 5.75 Å². The quantitative estimate of drug-likeness (QED) is 0.329. The number of ether oxygens (including phenoxy) is 1. The van der Waals surface area contributed by atoms with E-state index < -0.39 is 0 Å².